The molecule has 0 radical (unpaired) electrons. The molecule has 0 aromatic heterocycles. The van der Waals surface area contributed by atoms with Crippen molar-refractivity contribution in [3.63, 3.8) is 0 Å². The van der Waals surface area contributed by atoms with Crippen molar-refractivity contribution >= 4 is 0 Å². The Balaban J connectivity index is 0.000000637. The van der Waals surface area contributed by atoms with E-state index in [-0.39, 0.29) is 23.0 Å². The van der Waals surface area contributed by atoms with E-state index in [9.17, 15) is 10.2 Å². The van der Waals surface area contributed by atoms with Crippen LogP contribution in [0.1, 0.15) is 168 Å². The van der Waals surface area contributed by atoms with Crippen molar-refractivity contribution in [2.45, 2.75) is 180 Å². The quantitative estimate of drug-likeness (QED) is 0.314. The zero-order chi connectivity index (χ0) is 32.2. The molecule has 0 heterocycles. The predicted molar refractivity (Wildman–Crippen MR) is 181 cm³/mol. The van der Waals surface area contributed by atoms with Gasteiger partial charge in [0.2, 0.25) is 0 Å². The Morgan fingerprint density at radius 2 is 1.07 bits per heavy atom. The summed E-state index contributed by atoms with van der Waals surface area (Å²) in [6, 6.07) is 0. The zero-order valence-corrected chi connectivity index (χ0v) is 30.8. The molecule has 41 heavy (non-hydrogen) atoms. The first kappa shape index (κ1) is 40.9. The second kappa shape index (κ2) is 18.0. The number of hydrogen-bond donors (Lipinski definition) is 2. The standard InChI is InChI=1S/2C16H32O.C6H14O/c1-15(2,3)10-9-12-7-8-14(17)13(11-12)16(4,5)6;1-15(2,3)10-9-12-7-8-13(14(17)11-12)16(4,5)6;1-4-6(2)5-7-3/h2*12-14,17H,7-11H2,1-6H3;6H,4-5H2,1-3H3. The van der Waals surface area contributed by atoms with Crippen LogP contribution in [0.3, 0.4) is 0 Å². The third kappa shape index (κ3) is 19.0. The van der Waals surface area contributed by atoms with Crippen LogP contribution >= 0.6 is 0 Å². The summed E-state index contributed by atoms with van der Waals surface area (Å²) in [7, 11) is 1.74. The van der Waals surface area contributed by atoms with Crippen LogP contribution in [0.5, 0.6) is 0 Å². The molecular weight excluding hydrogens is 504 g/mol. The number of rotatable bonds is 7. The van der Waals surface area contributed by atoms with Gasteiger partial charge in [-0.25, -0.2) is 0 Å². The van der Waals surface area contributed by atoms with Crippen molar-refractivity contribution in [1.29, 1.82) is 0 Å². The third-order valence-corrected chi connectivity index (χ3v) is 9.83. The molecule has 0 saturated heterocycles. The van der Waals surface area contributed by atoms with Crippen molar-refractivity contribution in [1.82, 2.24) is 0 Å². The van der Waals surface area contributed by atoms with Crippen LogP contribution in [-0.4, -0.2) is 36.1 Å². The minimum Gasteiger partial charge on any atom is -0.393 e. The van der Waals surface area contributed by atoms with Crippen LogP contribution in [0.15, 0.2) is 0 Å². The van der Waals surface area contributed by atoms with E-state index in [2.05, 4.69) is 96.9 Å². The fourth-order valence-electron chi connectivity index (χ4n) is 6.61. The molecule has 2 fully saturated rings. The average molecular weight is 583 g/mol. The molecule has 0 bridgehead atoms. The lowest BCUT2D eigenvalue weighted by Crippen LogP contribution is -2.37. The van der Waals surface area contributed by atoms with Gasteiger partial charge < -0.3 is 14.9 Å². The summed E-state index contributed by atoms with van der Waals surface area (Å²) < 4.78 is 4.89. The first-order chi connectivity index (χ1) is 18.5. The van der Waals surface area contributed by atoms with Crippen molar-refractivity contribution in [2.24, 2.45) is 51.2 Å². The molecule has 3 heteroatoms. The number of aliphatic hydroxyl groups is 2. The SMILES string of the molecule is CC(C)(C)CCC1CCC(C(C)(C)C)C(O)C1.CC(C)(C)CCC1CCC(O)C(C(C)(C)C)C1.CCC(C)COC. The molecule has 0 aromatic rings. The summed E-state index contributed by atoms with van der Waals surface area (Å²) in [4.78, 5) is 0. The van der Waals surface area contributed by atoms with Crippen LogP contribution in [0.4, 0.5) is 0 Å². The first-order valence-electron chi connectivity index (χ1n) is 17.3. The molecule has 248 valence electrons. The lowest BCUT2D eigenvalue weighted by atomic mass is 9.66. The molecule has 0 aliphatic heterocycles. The molecule has 0 amide bonds. The highest BCUT2D eigenvalue weighted by Crippen LogP contribution is 2.43. The molecule has 7 unspecified atom stereocenters. The van der Waals surface area contributed by atoms with Crippen LogP contribution in [0.25, 0.3) is 0 Å². The monoisotopic (exact) mass is 583 g/mol. The molecule has 3 nitrogen and oxygen atoms in total. The third-order valence-electron chi connectivity index (χ3n) is 9.83. The summed E-state index contributed by atoms with van der Waals surface area (Å²) in [6.07, 6.45) is 13.3. The van der Waals surface area contributed by atoms with Gasteiger partial charge in [-0.3, -0.25) is 0 Å². The van der Waals surface area contributed by atoms with E-state index in [1.165, 1.54) is 57.8 Å². The maximum atomic E-state index is 10.3. The topological polar surface area (TPSA) is 49.7 Å². The minimum absolute atomic E-state index is 0.0686. The van der Waals surface area contributed by atoms with Gasteiger partial charge in [-0.05, 0) is 115 Å². The second-order valence-corrected chi connectivity index (χ2v) is 18.6. The van der Waals surface area contributed by atoms with Crippen LogP contribution in [0.2, 0.25) is 0 Å². The summed E-state index contributed by atoms with van der Waals surface area (Å²) >= 11 is 0. The number of methoxy groups -OCH3 is 1. The predicted octanol–water partition coefficient (Wildman–Crippen LogP) is 11.0. The lowest BCUT2D eigenvalue weighted by Gasteiger charge is -2.41. The summed E-state index contributed by atoms with van der Waals surface area (Å²) in [5.41, 5.74) is 1.40. The van der Waals surface area contributed by atoms with E-state index in [4.69, 9.17) is 4.74 Å². The summed E-state index contributed by atoms with van der Waals surface area (Å²) in [5.74, 6) is 3.30. The smallest absolute Gasteiger partial charge is 0.0576 e. The highest BCUT2D eigenvalue weighted by atomic mass is 16.5. The first-order valence-corrected chi connectivity index (χ1v) is 17.3. The van der Waals surface area contributed by atoms with Crippen molar-refractivity contribution in [3.8, 4) is 0 Å². The van der Waals surface area contributed by atoms with E-state index >= 15 is 0 Å². The van der Waals surface area contributed by atoms with Gasteiger partial charge in [-0.15, -0.1) is 0 Å². The molecule has 2 N–H and O–H groups in total. The molecule has 2 saturated carbocycles. The maximum Gasteiger partial charge on any atom is 0.0576 e. The minimum atomic E-state index is -0.0753. The number of hydrogen-bond acceptors (Lipinski definition) is 3. The van der Waals surface area contributed by atoms with Gasteiger partial charge in [0.1, 0.15) is 0 Å². The summed E-state index contributed by atoms with van der Waals surface area (Å²) in [6.45, 7) is 32.8. The van der Waals surface area contributed by atoms with E-state index in [1.54, 1.807) is 7.11 Å². The number of ether oxygens (including phenoxy) is 1. The summed E-state index contributed by atoms with van der Waals surface area (Å²) in [5, 5.41) is 20.5. The maximum absolute atomic E-state index is 10.3. The highest BCUT2D eigenvalue weighted by Gasteiger charge is 2.37. The van der Waals surface area contributed by atoms with Crippen molar-refractivity contribution < 1.29 is 14.9 Å². The molecule has 0 spiro atoms. The Morgan fingerprint density at radius 3 is 1.41 bits per heavy atom. The van der Waals surface area contributed by atoms with Gasteiger partial charge >= 0.3 is 0 Å². The fourth-order valence-corrected chi connectivity index (χ4v) is 6.61. The second-order valence-electron chi connectivity index (χ2n) is 18.6. The van der Waals surface area contributed by atoms with E-state index < -0.39 is 0 Å². The molecule has 0 aromatic carbocycles. The van der Waals surface area contributed by atoms with Gasteiger partial charge in [0.05, 0.1) is 12.2 Å². The molecule has 2 rings (SSSR count). The van der Waals surface area contributed by atoms with E-state index in [0.717, 1.165) is 37.2 Å². The van der Waals surface area contributed by atoms with Crippen LogP contribution in [-0.2, 0) is 4.74 Å². The normalized spacial score (nSPS) is 28.6. The highest BCUT2D eigenvalue weighted by molar-refractivity contribution is 4.88. The van der Waals surface area contributed by atoms with Crippen LogP contribution < -0.4 is 0 Å². The zero-order valence-electron chi connectivity index (χ0n) is 30.8. The molecule has 7 atom stereocenters. The van der Waals surface area contributed by atoms with Crippen molar-refractivity contribution in [2.75, 3.05) is 13.7 Å². The number of aliphatic hydroxyl groups excluding tert-OH is 2. The van der Waals surface area contributed by atoms with Gasteiger partial charge in [-0.2, -0.15) is 0 Å². The van der Waals surface area contributed by atoms with E-state index in [1.807, 2.05) is 0 Å². The molecular formula is C38H78O3. The van der Waals surface area contributed by atoms with E-state index in [0.29, 0.717) is 22.7 Å². The van der Waals surface area contributed by atoms with Gasteiger partial charge in [0.15, 0.2) is 0 Å². The lowest BCUT2D eigenvalue weighted by molar-refractivity contribution is -0.0117. The Bertz CT molecular complexity index is 657. The van der Waals surface area contributed by atoms with Crippen LogP contribution in [0, 0.1) is 51.2 Å². The van der Waals surface area contributed by atoms with Gasteiger partial charge in [0.25, 0.3) is 0 Å². The molecule has 2 aliphatic carbocycles. The largest absolute Gasteiger partial charge is 0.393 e. The Labute approximate surface area is 259 Å². The Morgan fingerprint density at radius 1 is 0.634 bits per heavy atom. The Kier molecular flexibility index (Phi) is 17.9. The fraction of sp³-hybridized carbons (Fsp3) is 1.00. The van der Waals surface area contributed by atoms with Gasteiger partial charge in [0, 0.05) is 13.7 Å². The molecule has 2 aliphatic rings. The average Bonchev–Trinajstić information content (AvgIpc) is 2.80. The Hall–Kier alpha value is -0.120. The van der Waals surface area contributed by atoms with Crippen molar-refractivity contribution in [3.05, 3.63) is 0 Å². The van der Waals surface area contributed by atoms with Gasteiger partial charge in [-0.1, -0.05) is 103 Å².